The highest BCUT2D eigenvalue weighted by Crippen LogP contribution is 2.44. The van der Waals surface area contributed by atoms with Gasteiger partial charge in [0.05, 0.1) is 12.2 Å². The number of halogens is 1. The molecular weight excluding hydrogens is 361 g/mol. The molecule has 1 atom stereocenters. The molecule has 1 aliphatic heterocycles. The number of hydrogen-bond acceptors (Lipinski definition) is 4. The van der Waals surface area contributed by atoms with Crippen molar-refractivity contribution in [2.75, 3.05) is 11.9 Å². The van der Waals surface area contributed by atoms with Crippen LogP contribution in [0.5, 0.6) is 0 Å². The molecule has 0 saturated carbocycles. The number of hydrogen-bond donors (Lipinski definition) is 2. The third kappa shape index (κ3) is 2.65. The maximum absolute atomic E-state index is 13.8. The van der Waals surface area contributed by atoms with Gasteiger partial charge in [0.1, 0.15) is 6.67 Å². The van der Waals surface area contributed by atoms with Crippen LogP contribution >= 0.6 is 0 Å². The first-order chi connectivity index (χ1) is 13.5. The second-order valence-electron chi connectivity index (χ2n) is 6.64. The smallest absolute Gasteiger partial charge is 0.338 e. The van der Waals surface area contributed by atoms with Gasteiger partial charge in [-0.3, -0.25) is 4.79 Å². The van der Waals surface area contributed by atoms with Gasteiger partial charge in [0, 0.05) is 11.3 Å². The summed E-state index contributed by atoms with van der Waals surface area (Å²) < 4.78 is 18.8. The largest absolute Gasteiger partial charge is 0.462 e. The van der Waals surface area contributed by atoms with Crippen molar-refractivity contribution in [2.45, 2.75) is 19.2 Å². The van der Waals surface area contributed by atoms with Crippen molar-refractivity contribution < 1.29 is 23.8 Å². The second kappa shape index (κ2) is 6.73. The first kappa shape index (κ1) is 18.1. The molecule has 1 heterocycles. The minimum absolute atomic E-state index is 0.0644. The minimum atomic E-state index is -2.05. The van der Waals surface area contributed by atoms with E-state index in [-0.39, 0.29) is 29.0 Å². The summed E-state index contributed by atoms with van der Waals surface area (Å²) in [4.78, 5) is 24.8. The zero-order chi connectivity index (χ0) is 19.9. The third-order valence-electron chi connectivity index (χ3n) is 4.98. The van der Waals surface area contributed by atoms with E-state index in [0.717, 1.165) is 10.8 Å². The normalized spacial score (nSPS) is 18.0. The van der Waals surface area contributed by atoms with Gasteiger partial charge in [0.2, 0.25) is 0 Å². The van der Waals surface area contributed by atoms with Crippen molar-refractivity contribution in [2.24, 2.45) is 0 Å². The summed E-state index contributed by atoms with van der Waals surface area (Å²) in [5.41, 5.74) is -1.19. The fraction of sp³-hybridized carbons (Fsp3) is 0.182. The van der Waals surface area contributed by atoms with Crippen LogP contribution in [0.2, 0.25) is 0 Å². The molecule has 1 unspecified atom stereocenters. The summed E-state index contributed by atoms with van der Waals surface area (Å²) in [6.07, 6.45) is 0. The van der Waals surface area contributed by atoms with Gasteiger partial charge in [-0.05, 0) is 47.0 Å². The molecule has 0 radical (unpaired) electrons. The van der Waals surface area contributed by atoms with Crippen molar-refractivity contribution in [3.8, 4) is 0 Å². The van der Waals surface area contributed by atoms with Gasteiger partial charge in [-0.25, -0.2) is 9.18 Å². The van der Waals surface area contributed by atoms with E-state index in [0.29, 0.717) is 5.56 Å². The molecule has 3 aromatic rings. The average molecular weight is 379 g/mol. The van der Waals surface area contributed by atoms with Crippen molar-refractivity contribution in [3.05, 3.63) is 76.9 Å². The Labute approximate surface area is 160 Å². The predicted octanol–water partition coefficient (Wildman–Crippen LogP) is 3.67. The molecule has 28 heavy (non-hydrogen) atoms. The highest BCUT2D eigenvalue weighted by Gasteiger charge is 2.48. The van der Waals surface area contributed by atoms with Crippen LogP contribution in [0.4, 0.5) is 10.1 Å². The van der Waals surface area contributed by atoms with Crippen molar-refractivity contribution in [3.63, 3.8) is 0 Å². The monoisotopic (exact) mass is 379 g/mol. The van der Waals surface area contributed by atoms with Crippen LogP contribution in [0, 0.1) is 0 Å². The molecule has 2 N–H and O–H groups in total. The SMILES string of the molecule is CCOC(=O)c1cc(CF)c2c(c1)NC(=O)C2(O)c1ccc2ccccc2c1. The standard InChI is InChI=1S/C22H18FNO4/c1-2-28-20(25)15-9-16(12-23)19-18(11-15)24-21(26)22(19,27)17-8-7-13-5-3-4-6-14(13)10-17/h3-11,27H,2,12H2,1H3,(H,24,26). The van der Waals surface area contributed by atoms with Gasteiger partial charge in [0.25, 0.3) is 5.91 Å². The number of esters is 1. The van der Waals surface area contributed by atoms with E-state index in [2.05, 4.69) is 5.32 Å². The van der Waals surface area contributed by atoms with Crippen molar-refractivity contribution >= 4 is 28.3 Å². The molecule has 142 valence electrons. The van der Waals surface area contributed by atoms with Crippen LogP contribution < -0.4 is 5.32 Å². The highest BCUT2D eigenvalue weighted by atomic mass is 19.1. The number of carbonyl (C=O) groups excluding carboxylic acids is 2. The van der Waals surface area contributed by atoms with Crippen molar-refractivity contribution in [1.82, 2.24) is 0 Å². The summed E-state index contributed by atoms with van der Waals surface area (Å²) in [6, 6.07) is 15.4. The lowest BCUT2D eigenvalue weighted by Gasteiger charge is -2.24. The molecule has 5 nitrogen and oxygen atoms in total. The van der Waals surface area contributed by atoms with Crippen LogP contribution in [0.1, 0.15) is 34.0 Å². The predicted molar refractivity (Wildman–Crippen MR) is 103 cm³/mol. The zero-order valence-electron chi connectivity index (χ0n) is 15.2. The van der Waals surface area contributed by atoms with E-state index in [4.69, 9.17) is 4.74 Å². The maximum atomic E-state index is 13.8. The van der Waals surface area contributed by atoms with Crippen LogP contribution in [-0.2, 0) is 21.8 Å². The first-order valence-electron chi connectivity index (χ1n) is 8.92. The van der Waals surface area contributed by atoms with Gasteiger partial charge in [-0.15, -0.1) is 0 Å². The van der Waals surface area contributed by atoms with E-state index in [1.165, 1.54) is 12.1 Å². The zero-order valence-corrected chi connectivity index (χ0v) is 15.2. The molecule has 6 heteroatoms. The van der Waals surface area contributed by atoms with Gasteiger partial charge >= 0.3 is 5.97 Å². The first-order valence-corrected chi connectivity index (χ1v) is 8.92. The second-order valence-corrected chi connectivity index (χ2v) is 6.64. The number of benzene rings is 3. The number of ether oxygens (including phenoxy) is 1. The molecule has 1 amide bonds. The van der Waals surface area contributed by atoms with E-state index in [1.54, 1.807) is 25.1 Å². The van der Waals surface area contributed by atoms with E-state index < -0.39 is 24.2 Å². The van der Waals surface area contributed by atoms with Gasteiger partial charge in [-0.2, -0.15) is 0 Å². The van der Waals surface area contributed by atoms with Crippen LogP contribution in [0.3, 0.4) is 0 Å². The molecule has 3 aromatic carbocycles. The number of alkyl halides is 1. The Morgan fingerprint density at radius 3 is 2.61 bits per heavy atom. The number of anilines is 1. The third-order valence-corrected chi connectivity index (χ3v) is 4.98. The molecule has 0 aromatic heterocycles. The molecule has 0 saturated heterocycles. The van der Waals surface area contributed by atoms with Crippen LogP contribution in [-0.4, -0.2) is 23.6 Å². The van der Waals surface area contributed by atoms with Crippen LogP contribution in [0.15, 0.2) is 54.6 Å². The van der Waals surface area contributed by atoms with E-state index >= 15 is 0 Å². The van der Waals surface area contributed by atoms with E-state index in [1.807, 2.05) is 24.3 Å². The number of rotatable bonds is 4. The Bertz CT molecular complexity index is 1110. The molecule has 0 bridgehead atoms. The summed E-state index contributed by atoms with van der Waals surface area (Å²) in [5.74, 6) is -1.30. The molecule has 0 aliphatic carbocycles. The fourth-order valence-corrected chi connectivity index (χ4v) is 3.68. The van der Waals surface area contributed by atoms with Gasteiger partial charge < -0.3 is 15.2 Å². The number of amides is 1. The Morgan fingerprint density at radius 2 is 1.89 bits per heavy atom. The van der Waals surface area contributed by atoms with Crippen LogP contribution in [0.25, 0.3) is 10.8 Å². The topological polar surface area (TPSA) is 75.6 Å². The Kier molecular flexibility index (Phi) is 4.35. The summed E-state index contributed by atoms with van der Waals surface area (Å²) in [7, 11) is 0. The Morgan fingerprint density at radius 1 is 1.14 bits per heavy atom. The molecule has 4 rings (SSSR count). The molecule has 1 aliphatic rings. The van der Waals surface area contributed by atoms with Gasteiger partial charge in [-0.1, -0.05) is 36.4 Å². The lowest BCUT2D eigenvalue weighted by atomic mass is 9.83. The maximum Gasteiger partial charge on any atom is 0.338 e. The fourth-order valence-electron chi connectivity index (χ4n) is 3.68. The summed E-state index contributed by atoms with van der Waals surface area (Å²) in [5, 5.41) is 15.8. The number of fused-ring (bicyclic) bond motifs is 2. The van der Waals surface area contributed by atoms with E-state index in [9.17, 15) is 19.1 Å². The Hall–Kier alpha value is -3.25. The highest BCUT2D eigenvalue weighted by molar-refractivity contribution is 6.09. The Balaban J connectivity index is 1.90. The number of aliphatic hydroxyl groups is 1. The minimum Gasteiger partial charge on any atom is -0.462 e. The lowest BCUT2D eigenvalue weighted by molar-refractivity contribution is -0.129. The number of carbonyl (C=O) groups is 2. The summed E-state index contributed by atoms with van der Waals surface area (Å²) >= 11 is 0. The summed E-state index contributed by atoms with van der Waals surface area (Å²) in [6.45, 7) is 0.899. The lowest BCUT2D eigenvalue weighted by Crippen LogP contribution is -2.36. The molecule has 0 spiro atoms. The molecular formula is C22H18FNO4. The quantitative estimate of drug-likeness (QED) is 0.678. The molecule has 0 fully saturated rings. The van der Waals surface area contributed by atoms with Gasteiger partial charge in [0.15, 0.2) is 5.60 Å². The average Bonchev–Trinajstić information content (AvgIpc) is 2.98. The number of nitrogens with one attached hydrogen (secondary N) is 1. The van der Waals surface area contributed by atoms with Crippen molar-refractivity contribution in [1.29, 1.82) is 0 Å².